The highest BCUT2D eigenvalue weighted by Gasteiger charge is 2.27. The monoisotopic (exact) mass is 295 g/mol. The maximum absolute atomic E-state index is 11.8. The lowest BCUT2D eigenvalue weighted by Gasteiger charge is -2.09. The Morgan fingerprint density at radius 3 is 3.00 bits per heavy atom. The van der Waals surface area contributed by atoms with E-state index in [0.717, 1.165) is 0 Å². The van der Waals surface area contributed by atoms with Crippen molar-refractivity contribution < 1.29 is 14.3 Å². The van der Waals surface area contributed by atoms with Crippen molar-refractivity contribution in [3.8, 4) is 23.8 Å². The van der Waals surface area contributed by atoms with E-state index in [1.54, 1.807) is 25.3 Å². The number of rotatable bonds is 4. The molecular formula is C16H13N3O3. The molecule has 3 rings (SSSR count). The van der Waals surface area contributed by atoms with Gasteiger partial charge in [0.25, 0.3) is 5.91 Å². The van der Waals surface area contributed by atoms with Crippen LogP contribution in [0.1, 0.15) is 5.56 Å². The third-order valence-corrected chi connectivity index (χ3v) is 3.20. The van der Waals surface area contributed by atoms with Gasteiger partial charge in [-0.2, -0.15) is 0 Å². The molecule has 0 atom stereocenters. The summed E-state index contributed by atoms with van der Waals surface area (Å²) in [7, 11) is 1.55. The van der Waals surface area contributed by atoms with E-state index < -0.39 is 0 Å². The van der Waals surface area contributed by atoms with Crippen LogP contribution in [0, 0.1) is 12.3 Å². The van der Waals surface area contributed by atoms with Gasteiger partial charge in [0.1, 0.15) is 18.1 Å². The zero-order valence-corrected chi connectivity index (χ0v) is 11.9. The van der Waals surface area contributed by atoms with Crippen molar-refractivity contribution >= 4 is 17.5 Å². The molecule has 0 bridgehead atoms. The van der Waals surface area contributed by atoms with E-state index in [4.69, 9.17) is 15.9 Å². The minimum absolute atomic E-state index is 0.179. The number of ether oxygens (including phenoxy) is 2. The summed E-state index contributed by atoms with van der Waals surface area (Å²) < 4.78 is 10.7. The van der Waals surface area contributed by atoms with Crippen LogP contribution in [0.4, 0.5) is 0 Å². The SMILES string of the molecule is C#CCOc1ccc(C2=NC3=CCNC(=O)C3=N2)c(OC)c1. The number of nitrogens with zero attached hydrogens (tertiary/aromatic N) is 2. The molecular weight excluding hydrogens is 282 g/mol. The molecule has 0 saturated carbocycles. The standard InChI is InChI=1S/C16H13N3O3/c1-3-8-22-10-4-5-11(13(9-10)21-2)15-18-12-6-7-17-16(20)14(12)19-15/h1,4-6,9H,7-8H2,2H3,(H,17,20). The summed E-state index contributed by atoms with van der Waals surface area (Å²) >= 11 is 0. The summed E-state index contributed by atoms with van der Waals surface area (Å²) in [6.07, 6.45) is 6.99. The topological polar surface area (TPSA) is 72.3 Å². The highest BCUT2D eigenvalue weighted by Crippen LogP contribution is 2.28. The normalized spacial score (nSPS) is 15.8. The zero-order valence-electron chi connectivity index (χ0n) is 11.9. The van der Waals surface area contributed by atoms with Crippen molar-refractivity contribution in [2.24, 2.45) is 9.98 Å². The molecule has 0 unspecified atom stereocenters. The molecule has 110 valence electrons. The highest BCUT2D eigenvalue weighted by molar-refractivity contribution is 6.49. The second kappa shape index (κ2) is 5.74. The number of carbonyl (C=O) groups excluding carboxylic acids is 1. The molecule has 0 aromatic heterocycles. The average molecular weight is 295 g/mol. The van der Waals surface area contributed by atoms with E-state index in [-0.39, 0.29) is 12.5 Å². The van der Waals surface area contributed by atoms with E-state index >= 15 is 0 Å². The van der Waals surface area contributed by atoms with Crippen LogP contribution in [0.25, 0.3) is 0 Å². The maximum atomic E-state index is 11.8. The van der Waals surface area contributed by atoms with Crippen molar-refractivity contribution in [2.45, 2.75) is 0 Å². The fourth-order valence-corrected chi connectivity index (χ4v) is 2.18. The number of hydrogen-bond donors (Lipinski definition) is 1. The lowest BCUT2D eigenvalue weighted by molar-refractivity contribution is -0.114. The Morgan fingerprint density at radius 1 is 1.41 bits per heavy atom. The van der Waals surface area contributed by atoms with E-state index in [1.807, 2.05) is 6.08 Å². The summed E-state index contributed by atoms with van der Waals surface area (Å²) in [4.78, 5) is 20.4. The summed E-state index contributed by atoms with van der Waals surface area (Å²) in [6, 6.07) is 5.25. The van der Waals surface area contributed by atoms with Gasteiger partial charge in [0, 0.05) is 12.6 Å². The zero-order chi connectivity index (χ0) is 15.5. The number of aliphatic imine (C=N–C) groups is 2. The number of carbonyl (C=O) groups is 1. The lowest BCUT2D eigenvalue weighted by Crippen LogP contribution is -2.35. The molecule has 2 aliphatic heterocycles. The predicted molar refractivity (Wildman–Crippen MR) is 82.4 cm³/mol. The summed E-state index contributed by atoms with van der Waals surface area (Å²) in [5.41, 5.74) is 1.61. The van der Waals surface area contributed by atoms with Gasteiger partial charge in [-0.15, -0.1) is 6.42 Å². The fraction of sp³-hybridized carbons (Fsp3) is 0.188. The molecule has 6 nitrogen and oxygen atoms in total. The first-order valence-corrected chi connectivity index (χ1v) is 6.63. The van der Waals surface area contributed by atoms with Crippen LogP contribution < -0.4 is 14.8 Å². The first kappa shape index (κ1) is 13.9. The average Bonchev–Trinajstić information content (AvgIpc) is 2.98. The van der Waals surface area contributed by atoms with E-state index in [2.05, 4.69) is 21.2 Å². The molecule has 0 aliphatic carbocycles. The van der Waals surface area contributed by atoms with Crippen LogP contribution in [0.3, 0.4) is 0 Å². The van der Waals surface area contributed by atoms with E-state index in [0.29, 0.717) is 40.9 Å². The molecule has 1 aromatic carbocycles. The van der Waals surface area contributed by atoms with Crippen molar-refractivity contribution in [2.75, 3.05) is 20.3 Å². The molecule has 6 heteroatoms. The molecule has 1 amide bonds. The number of nitrogens with one attached hydrogen (secondary N) is 1. The van der Waals surface area contributed by atoms with Gasteiger partial charge in [-0.3, -0.25) is 4.79 Å². The van der Waals surface area contributed by atoms with Gasteiger partial charge >= 0.3 is 0 Å². The third-order valence-electron chi connectivity index (χ3n) is 3.20. The van der Waals surface area contributed by atoms with Gasteiger partial charge < -0.3 is 14.8 Å². The largest absolute Gasteiger partial charge is 0.496 e. The summed E-state index contributed by atoms with van der Waals surface area (Å²) in [5.74, 6) is 3.78. The Hall–Kier alpha value is -3.07. The molecule has 0 fully saturated rings. The van der Waals surface area contributed by atoms with Crippen LogP contribution in [0.5, 0.6) is 11.5 Å². The summed E-state index contributed by atoms with van der Waals surface area (Å²) in [6.45, 7) is 0.638. The Labute approximate surface area is 127 Å². The Morgan fingerprint density at radius 2 is 2.27 bits per heavy atom. The molecule has 2 heterocycles. The van der Waals surface area contributed by atoms with Crippen molar-refractivity contribution in [3.05, 3.63) is 35.5 Å². The molecule has 1 N–H and O–H groups in total. The van der Waals surface area contributed by atoms with E-state index in [9.17, 15) is 4.79 Å². The number of amidine groups is 1. The second-order valence-corrected chi connectivity index (χ2v) is 4.55. The minimum atomic E-state index is -0.218. The molecule has 22 heavy (non-hydrogen) atoms. The van der Waals surface area contributed by atoms with Gasteiger partial charge in [0.2, 0.25) is 0 Å². The van der Waals surface area contributed by atoms with Crippen LogP contribution >= 0.6 is 0 Å². The Balaban J connectivity index is 1.96. The van der Waals surface area contributed by atoms with Crippen LogP contribution in [0.15, 0.2) is 40.0 Å². The van der Waals surface area contributed by atoms with Gasteiger partial charge in [0.05, 0.1) is 18.4 Å². The number of hydrogen-bond acceptors (Lipinski definition) is 5. The fourth-order valence-electron chi connectivity index (χ4n) is 2.18. The molecule has 1 aromatic rings. The smallest absolute Gasteiger partial charge is 0.272 e. The quantitative estimate of drug-likeness (QED) is 0.840. The molecule has 0 spiro atoms. The minimum Gasteiger partial charge on any atom is -0.496 e. The second-order valence-electron chi connectivity index (χ2n) is 4.55. The maximum Gasteiger partial charge on any atom is 0.272 e. The van der Waals surface area contributed by atoms with Gasteiger partial charge in [-0.25, -0.2) is 9.98 Å². The molecule has 0 saturated heterocycles. The van der Waals surface area contributed by atoms with Crippen molar-refractivity contribution in [3.63, 3.8) is 0 Å². The van der Waals surface area contributed by atoms with Crippen LogP contribution in [0.2, 0.25) is 0 Å². The Bertz CT molecular complexity index is 769. The lowest BCUT2D eigenvalue weighted by atomic mass is 10.1. The summed E-state index contributed by atoms with van der Waals surface area (Å²) in [5, 5.41) is 2.70. The van der Waals surface area contributed by atoms with Crippen molar-refractivity contribution in [1.82, 2.24) is 5.32 Å². The van der Waals surface area contributed by atoms with Crippen molar-refractivity contribution in [1.29, 1.82) is 0 Å². The number of benzene rings is 1. The number of amides is 1. The van der Waals surface area contributed by atoms with E-state index in [1.165, 1.54) is 0 Å². The number of terminal acetylenes is 1. The van der Waals surface area contributed by atoms with Crippen LogP contribution in [-0.2, 0) is 4.79 Å². The highest BCUT2D eigenvalue weighted by atomic mass is 16.5. The predicted octanol–water partition coefficient (Wildman–Crippen LogP) is 0.922. The van der Waals surface area contributed by atoms with Gasteiger partial charge in [-0.05, 0) is 18.2 Å². The van der Waals surface area contributed by atoms with Gasteiger partial charge in [-0.1, -0.05) is 5.92 Å². The number of fused-ring (bicyclic) bond motifs is 1. The Kier molecular flexibility index (Phi) is 3.62. The molecule has 2 aliphatic rings. The number of methoxy groups -OCH3 is 1. The first-order chi connectivity index (χ1) is 10.7. The molecule has 0 radical (unpaired) electrons. The van der Waals surface area contributed by atoms with Crippen LogP contribution in [-0.4, -0.2) is 37.7 Å². The third kappa shape index (κ3) is 2.44. The first-order valence-electron chi connectivity index (χ1n) is 6.63. The van der Waals surface area contributed by atoms with Gasteiger partial charge in [0.15, 0.2) is 11.5 Å².